The van der Waals surface area contributed by atoms with E-state index in [1.54, 1.807) is 0 Å². The van der Waals surface area contributed by atoms with Crippen LogP contribution < -0.4 is 0 Å². The van der Waals surface area contributed by atoms with E-state index in [0.29, 0.717) is 0 Å². The summed E-state index contributed by atoms with van der Waals surface area (Å²) in [5, 5.41) is 0. The van der Waals surface area contributed by atoms with Gasteiger partial charge >= 0.3 is 0 Å². The highest BCUT2D eigenvalue weighted by Crippen LogP contribution is 2.07. The van der Waals surface area contributed by atoms with Crippen LogP contribution in [0.1, 0.15) is 20.8 Å². The largest absolute Gasteiger partial charge is 0.106 e. The summed E-state index contributed by atoms with van der Waals surface area (Å²) >= 11 is 0. The minimum absolute atomic E-state index is 1.05. The van der Waals surface area contributed by atoms with Gasteiger partial charge in [0.15, 0.2) is 0 Å². The maximum Gasteiger partial charge on any atom is -0.0239 e. The van der Waals surface area contributed by atoms with Crippen molar-refractivity contribution in [3.8, 4) is 0 Å². The van der Waals surface area contributed by atoms with Gasteiger partial charge in [-0.1, -0.05) is 42.5 Å². The van der Waals surface area contributed by atoms with Gasteiger partial charge in [-0.05, 0) is 26.3 Å². The normalized spacial score (nSPS) is 9.31. The minimum Gasteiger partial charge on any atom is -0.106 e. The van der Waals surface area contributed by atoms with Crippen molar-refractivity contribution in [2.24, 2.45) is 0 Å². The Morgan fingerprint density at radius 2 is 1.46 bits per heavy atom. The monoisotopic (exact) mass is 176 g/mol. The zero-order valence-corrected chi connectivity index (χ0v) is 9.06. The molecule has 0 aliphatic heterocycles. The van der Waals surface area contributed by atoms with Crippen LogP contribution in [-0.2, 0) is 0 Å². The van der Waals surface area contributed by atoms with E-state index in [-0.39, 0.29) is 0 Å². The van der Waals surface area contributed by atoms with Gasteiger partial charge in [-0.3, -0.25) is 0 Å². The third kappa shape index (κ3) is 8.61. The standard InChI is InChI=1S/C11H16.C2H4/c1-6-11(10(4)5)8-7-9(2)3;1-2/h6-8H,1,4H2,2-3,5H3;1-2H2/b11-8-;. The Balaban J connectivity index is 0. The van der Waals surface area contributed by atoms with Crippen molar-refractivity contribution in [2.75, 3.05) is 0 Å². The van der Waals surface area contributed by atoms with E-state index in [0.717, 1.165) is 11.1 Å². The van der Waals surface area contributed by atoms with Crippen molar-refractivity contribution in [3.63, 3.8) is 0 Å². The first-order chi connectivity index (χ1) is 6.07. The van der Waals surface area contributed by atoms with Gasteiger partial charge in [-0.2, -0.15) is 0 Å². The highest BCUT2D eigenvalue weighted by Gasteiger charge is 1.87. The van der Waals surface area contributed by atoms with E-state index in [9.17, 15) is 0 Å². The van der Waals surface area contributed by atoms with E-state index in [1.165, 1.54) is 5.57 Å². The Kier molecular flexibility index (Phi) is 9.63. The molecule has 0 radical (unpaired) electrons. The molecule has 0 aliphatic rings. The van der Waals surface area contributed by atoms with Gasteiger partial charge in [0.05, 0.1) is 0 Å². The summed E-state index contributed by atoms with van der Waals surface area (Å²) in [6.07, 6.45) is 5.91. The summed E-state index contributed by atoms with van der Waals surface area (Å²) in [5.41, 5.74) is 3.44. The molecule has 0 aromatic carbocycles. The third-order valence-corrected chi connectivity index (χ3v) is 1.31. The van der Waals surface area contributed by atoms with Crippen LogP contribution >= 0.6 is 0 Å². The lowest BCUT2D eigenvalue weighted by Gasteiger charge is -1.96. The molecule has 0 saturated heterocycles. The van der Waals surface area contributed by atoms with E-state index >= 15 is 0 Å². The summed E-state index contributed by atoms with van der Waals surface area (Å²) in [6.45, 7) is 19.6. The minimum atomic E-state index is 1.05. The number of hydrogen-bond acceptors (Lipinski definition) is 0. The first-order valence-electron chi connectivity index (χ1n) is 4.21. The molecule has 0 N–H and O–H groups in total. The van der Waals surface area contributed by atoms with Crippen molar-refractivity contribution < 1.29 is 0 Å². The molecule has 0 heteroatoms. The topological polar surface area (TPSA) is 0 Å². The first-order valence-corrected chi connectivity index (χ1v) is 4.21. The quantitative estimate of drug-likeness (QED) is 0.440. The predicted octanol–water partition coefficient (Wildman–Crippen LogP) is 4.44. The second kappa shape index (κ2) is 8.79. The lowest BCUT2D eigenvalue weighted by atomic mass is 10.1. The molecular weight excluding hydrogens is 156 g/mol. The molecule has 0 spiro atoms. The van der Waals surface area contributed by atoms with Crippen LogP contribution in [0.2, 0.25) is 0 Å². The van der Waals surface area contributed by atoms with Crippen LogP contribution in [0.5, 0.6) is 0 Å². The van der Waals surface area contributed by atoms with E-state index < -0.39 is 0 Å². The van der Waals surface area contributed by atoms with Crippen molar-refractivity contribution >= 4 is 0 Å². The van der Waals surface area contributed by atoms with Gasteiger partial charge in [0, 0.05) is 0 Å². The molecule has 72 valence electrons. The van der Waals surface area contributed by atoms with Crippen LogP contribution in [-0.4, -0.2) is 0 Å². The maximum absolute atomic E-state index is 3.84. The number of hydrogen-bond donors (Lipinski definition) is 0. The van der Waals surface area contributed by atoms with Gasteiger partial charge in [-0.25, -0.2) is 0 Å². The second-order valence-corrected chi connectivity index (χ2v) is 2.85. The van der Waals surface area contributed by atoms with Crippen LogP contribution in [0.25, 0.3) is 0 Å². The van der Waals surface area contributed by atoms with Crippen molar-refractivity contribution in [1.29, 1.82) is 0 Å². The molecule has 13 heavy (non-hydrogen) atoms. The highest BCUT2D eigenvalue weighted by atomic mass is 13.9. The lowest BCUT2D eigenvalue weighted by molar-refractivity contribution is 1.38. The van der Waals surface area contributed by atoms with E-state index in [2.05, 4.69) is 46.2 Å². The van der Waals surface area contributed by atoms with Gasteiger partial charge < -0.3 is 0 Å². The molecule has 0 bridgehead atoms. The molecule has 0 fully saturated rings. The molecule has 0 saturated carbocycles. The molecule has 0 aromatic rings. The van der Waals surface area contributed by atoms with Crippen LogP contribution in [0.4, 0.5) is 0 Å². The molecule has 0 rings (SSSR count). The van der Waals surface area contributed by atoms with Crippen LogP contribution in [0.3, 0.4) is 0 Å². The van der Waals surface area contributed by atoms with Crippen molar-refractivity contribution in [3.05, 3.63) is 61.3 Å². The van der Waals surface area contributed by atoms with Crippen LogP contribution in [0, 0.1) is 0 Å². The Bertz CT molecular complexity index is 222. The molecule has 0 aromatic heterocycles. The summed E-state index contributed by atoms with van der Waals surface area (Å²) in [6, 6.07) is 0. The van der Waals surface area contributed by atoms with Crippen molar-refractivity contribution in [2.45, 2.75) is 20.8 Å². The van der Waals surface area contributed by atoms with E-state index in [4.69, 9.17) is 0 Å². The summed E-state index contributed by atoms with van der Waals surface area (Å²) in [7, 11) is 0. The summed E-state index contributed by atoms with van der Waals surface area (Å²) in [5.74, 6) is 0. The fourth-order valence-corrected chi connectivity index (χ4v) is 0.641. The first kappa shape index (κ1) is 14.2. The van der Waals surface area contributed by atoms with E-state index in [1.807, 2.05) is 19.1 Å². The van der Waals surface area contributed by atoms with Gasteiger partial charge in [-0.15, -0.1) is 13.2 Å². The highest BCUT2D eigenvalue weighted by molar-refractivity contribution is 5.38. The molecule has 0 heterocycles. The predicted molar refractivity (Wildman–Crippen MR) is 63.8 cm³/mol. The third-order valence-electron chi connectivity index (χ3n) is 1.31. The molecular formula is C13H20. The number of rotatable bonds is 3. The average Bonchev–Trinajstić information content (AvgIpc) is 2.08. The average molecular weight is 176 g/mol. The van der Waals surface area contributed by atoms with Gasteiger partial charge in [0.2, 0.25) is 0 Å². The zero-order chi connectivity index (χ0) is 10.9. The second-order valence-electron chi connectivity index (χ2n) is 2.85. The Labute approximate surface area is 82.7 Å². The zero-order valence-electron chi connectivity index (χ0n) is 9.06. The van der Waals surface area contributed by atoms with Crippen molar-refractivity contribution in [1.82, 2.24) is 0 Å². The Morgan fingerprint density at radius 3 is 1.69 bits per heavy atom. The van der Waals surface area contributed by atoms with Crippen LogP contribution in [0.15, 0.2) is 61.3 Å². The number of allylic oxidation sites excluding steroid dienone is 6. The summed E-state index contributed by atoms with van der Waals surface area (Å²) in [4.78, 5) is 0. The fraction of sp³-hybridized carbons (Fsp3) is 0.231. The fourth-order valence-electron chi connectivity index (χ4n) is 0.641. The lowest BCUT2D eigenvalue weighted by Crippen LogP contribution is -1.76. The molecule has 0 amide bonds. The summed E-state index contributed by atoms with van der Waals surface area (Å²) < 4.78 is 0. The smallest absolute Gasteiger partial charge is 0.0239 e. The molecule has 0 atom stereocenters. The molecule has 0 aliphatic carbocycles. The SMILES string of the molecule is C=C.C=C/C(=C/C=C(C)C)C(=C)C. The molecule has 0 nitrogen and oxygen atoms in total. The van der Waals surface area contributed by atoms with Gasteiger partial charge in [0.25, 0.3) is 0 Å². The maximum atomic E-state index is 3.84. The van der Waals surface area contributed by atoms with Gasteiger partial charge in [0.1, 0.15) is 0 Å². The Morgan fingerprint density at radius 1 is 1.00 bits per heavy atom. The molecule has 0 unspecified atom stereocenters. The Hall–Kier alpha value is -1.30.